The predicted molar refractivity (Wildman–Crippen MR) is 75.5 cm³/mol. The van der Waals surface area contributed by atoms with Crippen molar-refractivity contribution < 1.29 is 9.18 Å². The summed E-state index contributed by atoms with van der Waals surface area (Å²) in [5.41, 5.74) is 2.08. The van der Waals surface area contributed by atoms with Crippen molar-refractivity contribution in [3.8, 4) is 0 Å². The Labute approximate surface area is 112 Å². The van der Waals surface area contributed by atoms with E-state index in [1.54, 1.807) is 24.3 Å². The minimum absolute atomic E-state index is 0.0282. The number of Topliss-reactive ketones (excluding diaryl/α,β-unsaturated/α-hetero) is 1. The molecule has 0 amide bonds. The molecule has 0 N–H and O–H groups in total. The summed E-state index contributed by atoms with van der Waals surface area (Å²) < 4.78 is 13.8. The molecule has 2 aromatic rings. The minimum atomic E-state index is -0.250. The molecule has 0 saturated heterocycles. The van der Waals surface area contributed by atoms with Gasteiger partial charge in [-0.3, -0.25) is 4.79 Å². The second kappa shape index (κ2) is 5.65. The number of ketones is 1. The fourth-order valence-electron chi connectivity index (χ4n) is 2.04. The van der Waals surface area contributed by atoms with Gasteiger partial charge in [0.2, 0.25) is 0 Å². The molecule has 3 heteroatoms. The van der Waals surface area contributed by atoms with E-state index >= 15 is 0 Å². The smallest absolute Gasteiger partial charge is 0.159 e. The normalized spacial score (nSPS) is 10.3. The summed E-state index contributed by atoms with van der Waals surface area (Å²) in [7, 11) is 0. The molecule has 0 unspecified atom stereocenters. The van der Waals surface area contributed by atoms with Crippen molar-refractivity contribution in [2.24, 2.45) is 0 Å². The van der Waals surface area contributed by atoms with Crippen LogP contribution in [0.2, 0.25) is 0 Å². The number of nitrogens with zero attached hydrogens (tertiary/aromatic N) is 1. The molecule has 19 heavy (non-hydrogen) atoms. The molecule has 0 saturated carbocycles. The van der Waals surface area contributed by atoms with Crippen molar-refractivity contribution >= 4 is 17.2 Å². The van der Waals surface area contributed by atoms with Gasteiger partial charge in [0.15, 0.2) is 5.78 Å². The summed E-state index contributed by atoms with van der Waals surface area (Å²) in [5, 5.41) is 0. The lowest BCUT2D eigenvalue weighted by molar-refractivity contribution is 0.101. The Hall–Kier alpha value is -2.16. The number of carbonyl (C=O) groups is 1. The minimum Gasteiger partial charge on any atom is -0.339 e. The third kappa shape index (κ3) is 2.81. The Balaban J connectivity index is 2.37. The average Bonchev–Trinajstić information content (AvgIpc) is 2.42. The Morgan fingerprint density at radius 3 is 2.26 bits per heavy atom. The van der Waals surface area contributed by atoms with Crippen molar-refractivity contribution in [2.75, 3.05) is 11.4 Å². The number of para-hydroxylation sites is 1. The molecule has 0 atom stereocenters. The van der Waals surface area contributed by atoms with Crippen LogP contribution in [0.25, 0.3) is 0 Å². The van der Waals surface area contributed by atoms with E-state index in [4.69, 9.17) is 0 Å². The lowest BCUT2D eigenvalue weighted by Crippen LogP contribution is -2.17. The zero-order valence-corrected chi connectivity index (χ0v) is 11.1. The fourth-order valence-corrected chi connectivity index (χ4v) is 2.04. The summed E-state index contributed by atoms with van der Waals surface area (Å²) in [4.78, 5) is 13.1. The highest BCUT2D eigenvalue weighted by atomic mass is 19.1. The second-order valence-corrected chi connectivity index (χ2v) is 4.30. The zero-order chi connectivity index (χ0) is 13.8. The molecule has 0 aliphatic heterocycles. The Morgan fingerprint density at radius 2 is 1.74 bits per heavy atom. The summed E-state index contributed by atoms with van der Waals surface area (Å²) >= 11 is 0. The van der Waals surface area contributed by atoms with Crippen molar-refractivity contribution in [3.05, 3.63) is 59.9 Å². The maximum absolute atomic E-state index is 13.8. The number of hydrogen-bond acceptors (Lipinski definition) is 2. The number of hydrogen-bond donors (Lipinski definition) is 0. The number of carbonyl (C=O) groups excluding carboxylic acids is 1. The number of rotatable bonds is 4. The Morgan fingerprint density at radius 1 is 1.11 bits per heavy atom. The van der Waals surface area contributed by atoms with Gasteiger partial charge in [0, 0.05) is 17.8 Å². The fraction of sp³-hybridized carbons (Fsp3) is 0.188. The first-order valence-corrected chi connectivity index (χ1v) is 6.26. The highest BCUT2D eigenvalue weighted by molar-refractivity contribution is 5.94. The van der Waals surface area contributed by atoms with Crippen LogP contribution in [0.5, 0.6) is 0 Å². The van der Waals surface area contributed by atoms with E-state index in [1.165, 1.54) is 13.0 Å². The highest BCUT2D eigenvalue weighted by Gasteiger charge is 2.11. The van der Waals surface area contributed by atoms with Gasteiger partial charge in [0.1, 0.15) is 5.82 Å². The first-order chi connectivity index (χ1) is 9.13. The van der Waals surface area contributed by atoms with Gasteiger partial charge >= 0.3 is 0 Å². The van der Waals surface area contributed by atoms with Gasteiger partial charge in [0.05, 0.1) is 5.69 Å². The van der Waals surface area contributed by atoms with Crippen LogP contribution in [0.15, 0.2) is 48.5 Å². The molecule has 0 fully saturated rings. The van der Waals surface area contributed by atoms with Crippen LogP contribution in [0.3, 0.4) is 0 Å². The van der Waals surface area contributed by atoms with E-state index < -0.39 is 0 Å². The van der Waals surface area contributed by atoms with Crippen molar-refractivity contribution in [1.82, 2.24) is 0 Å². The molecule has 2 aromatic carbocycles. The van der Waals surface area contributed by atoms with Crippen LogP contribution in [-0.4, -0.2) is 12.3 Å². The summed E-state index contributed by atoms with van der Waals surface area (Å²) in [5.74, 6) is -0.222. The molecular weight excluding hydrogens is 241 g/mol. The van der Waals surface area contributed by atoms with Crippen LogP contribution in [0.1, 0.15) is 24.2 Å². The molecule has 0 aromatic heterocycles. The average molecular weight is 257 g/mol. The SMILES string of the molecule is CCN(c1ccc(C(C)=O)cc1)c1ccccc1F. The molecular formula is C16H16FNO. The van der Waals surface area contributed by atoms with E-state index in [1.807, 2.05) is 30.0 Å². The molecule has 0 radical (unpaired) electrons. The molecule has 2 nitrogen and oxygen atoms in total. The summed E-state index contributed by atoms with van der Waals surface area (Å²) in [6.07, 6.45) is 0. The van der Waals surface area contributed by atoms with Gasteiger partial charge in [-0.1, -0.05) is 12.1 Å². The molecule has 0 bridgehead atoms. The molecule has 2 rings (SSSR count). The van der Waals surface area contributed by atoms with Crippen molar-refractivity contribution in [3.63, 3.8) is 0 Å². The number of halogens is 1. The number of anilines is 2. The first kappa shape index (κ1) is 13.3. The quantitative estimate of drug-likeness (QED) is 0.765. The predicted octanol–water partition coefficient (Wildman–Crippen LogP) is 4.19. The van der Waals surface area contributed by atoms with E-state index in [0.29, 0.717) is 17.8 Å². The standard InChI is InChI=1S/C16H16FNO/c1-3-18(16-7-5-4-6-15(16)17)14-10-8-13(9-11-14)12(2)19/h4-11H,3H2,1-2H3. The van der Waals surface area contributed by atoms with Gasteiger partial charge in [0.25, 0.3) is 0 Å². The largest absolute Gasteiger partial charge is 0.339 e. The Kier molecular flexibility index (Phi) is 3.95. The van der Waals surface area contributed by atoms with Gasteiger partial charge in [-0.2, -0.15) is 0 Å². The number of benzene rings is 2. The first-order valence-electron chi connectivity index (χ1n) is 6.26. The van der Waals surface area contributed by atoms with Crippen LogP contribution in [0.4, 0.5) is 15.8 Å². The lowest BCUT2D eigenvalue weighted by Gasteiger charge is -2.23. The molecule has 0 aliphatic carbocycles. The van der Waals surface area contributed by atoms with Gasteiger partial charge in [-0.25, -0.2) is 4.39 Å². The van der Waals surface area contributed by atoms with Gasteiger partial charge in [-0.05, 0) is 50.2 Å². The highest BCUT2D eigenvalue weighted by Crippen LogP contribution is 2.27. The molecule has 0 heterocycles. The van der Waals surface area contributed by atoms with Crippen LogP contribution in [0, 0.1) is 5.82 Å². The van der Waals surface area contributed by atoms with Crippen molar-refractivity contribution in [1.29, 1.82) is 0 Å². The second-order valence-electron chi connectivity index (χ2n) is 4.30. The monoisotopic (exact) mass is 257 g/mol. The maximum Gasteiger partial charge on any atom is 0.159 e. The third-order valence-corrected chi connectivity index (χ3v) is 3.04. The lowest BCUT2D eigenvalue weighted by atomic mass is 10.1. The summed E-state index contributed by atoms with van der Waals surface area (Å²) in [6.45, 7) is 4.15. The van der Waals surface area contributed by atoms with E-state index in [9.17, 15) is 9.18 Å². The van der Waals surface area contributed by atoms with Gasteiger partial charge < -0.3 is 4.90 Å². The van der Waals surface area contributed by atoms with Crippen LogP contribution < -0.4 is 4.90 Å². The third-order valence-electron chi connectivity index (χ3n) is 3.04. The van der Waals surface area contributed by atoms with Gasteiger partial charge in [-0.15, -0.1) is 0 Å². The van der Waals surface area contributed by atoms with E-state index in [0.717, 1.165) is 5.69 Å². The Bertz CT molecular complexity index is 578. The topological polar surface area (TPSA) is 20.3 Å². The van der Waals surface area contributed by atoms with E-state index in [-0.39, 0.29) is 11.6 Å². The molecule has 0 aliphatic rings. The van der Waals surface area contributed by atoms with E-state index in [2.05, 4.69) is 0 Å². The molecule has 98 valence electrons. The maximum atomic E-state index is 13.8. The van der Waals surface area contributed by atoms with Crippen LogP contribution in [-0.2, 0) is 0 Å². The molecule has 0 spiro atoms. The van der Waals surface area contributed by atoms with Crippen LogP contribution >= 0.6 is 0 Å². The van der Waals surface area contributed by atoms with Crippen molar-refractivity contribution in [2.45, 2.75) is 13.8 Å². The summed E-state index contributed by atoms with van der Waals surface area (Å²) in [6, 6.07) is 13.9. The zero-order valence-electron chi connectivity index (χ0n) is 11.1.